The number of ether oxygens (including phenoxy) is 1. The van der Waals surface area contributed by atoms with E-state index in [0.29, 0.717) is 12.1 Å². The minimum Gasteiger partial charge on any atom is -0.488 e. The summed E-state index contributed by atoms with van der Waals surface area (Å²) in [5.74, 6) is -0.177. The first-order chi connectivity index (χ1) is 9.27. The number of hydrogen-bond donors (Lipinski definition) is 2. The first-order valence-electron chi connectivity index (χ1n) is 6.49. The molecule has 0 bridgehead atoms. The molecule has 0 amide bonds. The Morgan fingerprint density at radius 1 is 1.45 bits per heavy atom. The molecule has 1 saturated heterocycles. The van der Waals surface area contributed by atoms with Gasteiger partial charge in [-0.2, -0.15) is 0 Å². The molecule has 5 nitrogen and oxygen atoms in total. The lowest BCUT2D eigenvalue weighted by atomic mass is 10.2. The third-order valence-electron chi connectivity index (χ3n) is 3.06. The largest absolute Gasteiger partial charge is 0.488 e. The van der Waals surface area contributed by atoms with Crippen LogP contribution in [0.15, 0.2) is 12.1 Å². The molecule has 3 N–H and O–H groups in total. The van der Waals surface area contributed by atoms with Crippen molar-refractivity contribution in [3.63, 3.8) is 0 Å². The van der Waals surface area contributed by atoms with Crippen molar-refractivity contribution in [1.82, 2.24) is 0 Å². The van der Waals surface area contributed by atoms with E-state index in [1.165, 1.54) is 12.1 Å². The fourth-order valence-corrected chi connectivity index (χ4v) is 3.84. The third-order valence-corrected chi connectivity index (χ3v) is 4.83. The first kappa shape index (κ1) is 14.9. The zero-order chi connectivity index (χ0) is 14.9. The van der Waals surface area contributed by atoms with Crippen LogP contribution in [0.2, 0.25) is 0 Å². The van der Waals surface area contributed by atoms with E-state index >= 15 is 0 Å². The van der Waals surface area contributed by atoms with Crippen molar-refractivity contribution in [3.05, 3.63) is 17.9 Å². The van der Waals surface area contributed by atoms with Crippen LogP contribution in [0.1, 0.15) is 20.3 Å². The van der Waals surface area contributed by atoms with Gasteiger partial charge in [0.1, 0.15) is 0 Å². The highest BCUT2D eigenvalue weighted by Gasteiger charge is 2.28. The average molecular weight is 302 g/mol. The van der Waals surface area contributed by atoms with E-state index in [1.54, 1.807) is 13.8 Å². The summed E-state index contributed by atoms with van der Waals surface area (Å²) in [5, 5.41) is 3.05. The highest BCUT2D eigenvalue weighted by atomic mass is 32.2. The molecule has 0 aliphatic carbocycles. The van der Waals surface area contributed by atoms with Crippen molar-refractivity contribution in [2.24, 2.45) is 0 Å². The molecule has 2 rings (SSSR count). The van der Waals surface area contributed by atoms with Gasteiger partial charge in [-0.05, 0) is 20.3 Å². The molecule has 20 heavy (non-hydrogen) atoms. The highest BCUT2D eigenvalue weighted by molar-refractivity contribution is 7.91. The number of benzene rings is 1. The summed E-state index contributed by atoms with van der Waals surface area (Å²) in [6, 6.07) is 2.47. The summed E-state index contributed by atoms with van der Waals surface area (Å²) in [5.41, 5.74) is 6.50. The normalized spacial score (nSPS) is 21.1. The molecule has 112 valence electrons. The second kappa shape index (κ2) is 5.47. The smallest absolute Gasteiger partial charge is 0.167 e. The molecule has 7 heteroatoms. The molecule has 1 aliphatic heterocycles. The van der Waals surface area contributed by atoms with Gasteiger partial charge in [-0.15, -0.1) is 0 Å². The predicted octanol–water partition coefficient (Wildman–Crippen LogP) is 1.79. The number of halogens is 1. The van der Waals surface area contributed by atoms with Gasteiger partial charge in [0.25, 0.3) is 0 Å². The van der Waals surface area contributed by atoms with Gasteiger partial charge in [-0.3, -0.25) is 0 Å². The van der Waals surface area contributed by atoms with Crippen LogP contribution in [0.3, 0.4) is 0 Å². The standard InChI is InChI=1S/C13H19FN2O3S/c1-8(2)19-13-6-12(11(15)5-10(13)14)16-9-3-4-20(17,18)7-9/h5-6,8-9,16H,3-4,7,15H2,1-2H3. The van der Waals surface area contributed by atoms with Gasteiger partial charge in [-0.25, -0.2) is 12.8 Å². The maximum absolute atomic E-state index is 13.7. The highest BCUT2D eigenvalue weighted by Crippen LogP contribution is 2.30. The van der Waals surface area contributed by atoms with Crippen LogP contribution in [-0.4, -0.2) is 32.1 Å². The summed E-state index contributed by atoms with van der Waals surface area (Å²) in [4.78, 5) is 0. The van der Waals surface area contributed by atoms with Crippen LogP contribution in [0.4, 0.5) is 15.8 Å². The predicted molar refractivity (Wildman–Crippen MR) is 77.3 cm³/mol. The number of nitrogen functional groups attached to an aromatic ring is 1. The average Bonchev–Trinajstić information content (AvgIpc) is 2.64. The van der Waals surface area contributed by atoms with Gasteiger partial charge >= 0.3 is 0 Å². The molecule has 1 aromatic rings. The number of hydrogen-bond acceptors (Lipinski definition) is 5. The van der Waals surface area contributed by atoms with Crippen LogP contribution in [-0.2, 0) is 9.84 Å². The fraction of sp³-hybridized carbons (Fsp3) is 0.538. The van der Waals surface area contributed by atoms with Gasteiger partial charge in [0.05, 0.1) is 29.0 Å². The molecule has 0 radical (unpaired) electrons. The van der Waals surface area contributed by atoms with Crippen molar-refractivity contribution >= 4 is 21.2 Å². The zero-order valence-electron chi connectivity index (χ0n) is 11.5. The van der Waals surface area contributed by atoms with E-state index in [4.69, 9.17) is 10.5 Å². The number of anilines is 2. The van der Waals surface area contributed by atoms with E-state index < -0.39 is 15.7 Å². The molecular weight excluding hydrogens is 283 g/mol. The SMILES string of the molecule is CC(C)Oc1cc(NC2CCS(=O)(=O)C2)c(N)cc1F. The van der Waals surface area contributed by atoms with Crippen LogP contribution < -0.4 is 15.8 Å². The zero-order valence-corrected chi connectivity index (χ0v) is 12.3. The molecule has 1 aromatic carbocycles. The number of nitrogens with two attached hydrogens (primary N) is 1. The van der Waals surface area contributed by atoms with Crippen molar-refractivity contribution in [2.75, 3.05) is 22.6 Å². The maximum Gasteiger partial charge on any atom is 0.167 e. The van der Waals surface area contributed by atoms with Gasteiger partial charge in [-0.1, -0.05) is 0 Å². The van der Waals surface area contributed by atoms with Crippen LogP contribution in [0, 0.1) is 5.82 Å². The van der Waals surface area contributed by atoms with Gasteiger partial charge < -0.3 is 15.8 Å². The third kappa shape index (κ3) is 3.53. The second-order valence-electron chi connectivity index (χ2n) is 5.28. The molecule has 1 heterocycles. The lowest BCUT2D eigenvalue weighted by Crippen LogP contribution is -2.21. The Balaban J connectivity index is 2.19. The van der Waals surface area contributed by atoms with Crippen molar-refractivity contribution < 1.29 is 17.5 Å². The number of nitrogens with one attached hydrogen (secondary N) is 1. The van der Waals surface area contributed by atoms with Gasteiger partial charge in [0.2, 0.25) is 0 Å². The van der Waals surface area contributed by atoms with E-state index in [1.807, 2.05) is 0 Å². The molecular formula is C13H19FN2O3S. The van der Waals surface area contributed by atoms with E-state index in [9.17, 15) is 12.8 Å². The Morgan fingerprint density at radius 2 is 2.15 bits per heavy atom. The summed E-state index contributed by atoms with van der Waals surface area (Å²) < 4.78 is 41.9. The van der Waals surface area contributed by atoms with Crippen LogP contribution >= 0.6 is 0 Å². The lowest BCUT2D eigenvalue weighted by molar-refractivity contribution is 0.231. The molecule has 1 fully saturated rings. The van der Waals surface area contributed by atoms with E-state index in [2.05, 4.69) is 5.32 Å². The minimum absolute atomic E-state index is 0.0736. The Bertz CT molecular complexity index is 602. The Labute approximate surface area is 118 Å². The molecule has 1 aliphatic rings. The van der Waals surface area contributed by atoms with Crippen molar-refractivity contribution in [2.45, 2.75) is 32.4 Å². The first-order valence-corrected chi connectivity index (χ1v) is 8.31. The van der Waals surface area contributed by atoms with Gasteiger partial charge in [0, 0.05) is 18.2 Å². The van der Waals surface area contributed by atoms with Crippen molar-refractivity contribution in [3.8, 4) is 5.75 Å². The lowest BCUT2D eigenvalue weighted by Gasteiger charge is -2.17. The van der Waals surface area contributed by atoms with Crippen molar-refractivity contribution in [1.29, 1.82) is 0 Å². The minimum atomic E-state index is -2.97. The molecule has 0 aromatic heterocycles. The fourth-order valence-electron chi connectivity index (χ4n) is 2.17. The number of sulfone groups is 1. The second-order valence-corrected chi connectivity index (χ2v) is 7.51. The number of rotatable bonds is 4. The van der Waals surface area contributed by atoms with E-state index in [0.717, 1.165) is 0 Å². The Hall–Kier alpha value is -1.50. The monoisotopic (exact) mass is 302 g/mol. The molecule has 0 spiro atoms. The Morgan fingerprint density at radius 3 is 2.70 bits per heavy atom. The molecule has 1 unspecified atom stereocenters. The van der Waals surface area contributed by atoms with Gasteiger partial charge in [0.15, 0.2) is 21.4 Å². The molecule has 0 saturated carbocycles. The van der Waals surface area contributed by atoms with E-state index in [-0.39, 0.29) is 35.1 Å². The maximum atomic E-state index is 13.7. The van der Waals surface area contributed by atoms with Crippen LogP contribution in [0.5, 0.6) is 5.75 Å². The van der Waals surface area contributed by atoms with Crippen LogP contribution in [0.25, 0.3) is 0 Å². The summed E-state index contributed by atoms with van der Waals surface area (Å²) in [6.45, 7) is 3.60. The summed E-state index contributed by atoms with van der Waals surface area (Å²) in [6.07, 6.45) is 0.368. The quantitative estimate of drug-likeness (QED) is 0.829. The Kier molecular flexibility index (Phi) is 4.08. The summed E-state index contributed by atoms with van der Waals surface area (Å²) in [7, 11) is -2.97. The molecule has 1 atom stereocenters. The topological polar surface area (TPSA) is 81.4 Å². The summed E-state index contributed by atoms with van der Waals surface area (Å²) >= 11 is 0.